The van der Waals surface area contributed by atoms with Crippen molar-refractivity contribution in [3.05, 3.63) is 83.4 Å². The van der Waals surface area contributed by atoms with Crippen molar-refractivity contribution in [2.45, 2.75) is 7.43 Å². The second kappa shape index (κ2) is 12.7. The van der Waals surface area contributed by atoms with Gasteiger partial charge in [0.15, 0.2) is 11.6 Å². The molecule has 2 aromatic carbocycles. The monoisotopic (exact) mass is 494 g/mol. The van der Waals surface area contributed by atoms with E-state index in [9.17, 15) is 4.79 Å². The Morgan fingerprint density at radius 2 is 1.41 bits per heavy atom. The minimum Gasteiger partial charge on any atom is -0.366 e. The molecule has 0 unspecified atom stereocenters. The molecule has 172 valence electrons. The maximum atomic E-state index is 10.6. The van der Waals surface area contributed by atoms with Crippen LogP contribution in [0, 0.1) is 11.3 Å². The Labute approximate surface area is 206 Å². The number of benzene rings is 2. The summed E-state index contributed by atoms with van der Waals surface area (Å²) in [5, 5.41) is 17.9. The van der Waals surface area contributed by atoms with Crippen LogP contribution in [0.3, 0.4) is 0 Å². The van der Waals surface area contributed by atoms with E-state index < -0.39 is 5.91 Å². The van der Waals surface area contributed by atoms with E-state index in [1.54, 1.807) is 24.3 Å². The Morgan fingerprint density at radius 3 is 1.85 bits per heavy atom. The van der Waals surface area contributed by atoms with Crippen LogP contribution in [0.25, 0.3) is 35.2 Å². The molecule has 0 saturated carbocycles. The molecule has 0 atom stereocenters. The topological polar surface area (TPSA) is 128 Å². The molecule has 2 N–H and O–H groups in total. The van der Waals surface area contributed by atoms with E-state index in [1.807, 2.05) is 30.3 Å². The lowest BCUT2D eigenvalue weighted by molar-refractivity contribution is -0.113. The van der Waals surface area contributed by atoms with Crippen molar-refractivity contribution in [1.82, 2.24) is 29.5 Å². The third-order valence-corrected chi connectivity index (χ3v) is 4.35. The number of primary amides is 1. The summed E-state index contributed by atoms with van der Waals surface area (Å²) >= 11 is 11.7. The number of amides is 1. The van der Waals surface area contributed by atoms with Crippen LogP contribution in [0.4, 0.5) is 0 Å². The van der Waals surface area contributed by atoms with Gasteiger partial charge in [-0.1, -0.05) is 54.9 Å². The average molecular weight is 495 g/mol. The number of nitrogens with two attached hydrogens (primary N) is 1. The van der Waals surface area contributed by atoms with Crippen LogP contribution in [-0.4, -0.2) is 35.4 Å². The third-order valence-electron chi connectivity index (χ3n) is 3.88. The molecule has 9 nitrogen and oxygen atoms in total. The molecule has 0 aliphatic rings. The van der Waals surface area contributed by atoms with Gasteiger partial charge in [0.05, 0.1) is 6.07 Å². The number of nitrogens with zero attached hydrogens (tertiary/aromatic N) is 7. The number of halogens is 2. The zero-order valence-electron chi connectivity index (χ0n) is 17.0. The second-order valence-corrected chi connectivity index (χ2v) is 7.15. The van der Waals surface area contributed by atoms with Gasteiger partial charge < -0.3 is 5.73 Å². The molecule has 0 fully saturated rings. The number of hydrogen-bond donors (Lipinski definition) is 1. The summed E-state index contributed by atoms with van der Waals surface area (Å²) in [6.07, 6.45) is 8.51. The fourth-order valence-electron chi connectivity index (χ4n) is 2.47. The van der Waals surface area contributed by atoms with Crippen molar-refractivity contribution >= 4 is 41.5 Å². The molecule has 0 spiro atoms. The molecule has 0 aliphatic heterocycles. The highest BCUT2D eigenvalue weighted by Crippen LogP contribution is 2.19. The van der Waals surface area contributed by atoms with Gasteiger partial charge in [0, 0.05) is 45.7 Å². The summed E-state index contributed by atoms with van der Waals surface area (Å²) in [6, 6.07) is 16.4. The van der Waals surface area contributed by atoms with Crippen LogP contribution in [0.5, 0.6) is 0 Å². The normalized spacial score (nSPS) is 10.4. The van der Waals surface area contributed by atoms with Gasteiger partial charge in [-0.15, -0.1) is 10.2 Å². The maximum Gasteiger partial charge on any atom is 0.242 e. The van der Waals surface area contributed by atoms with Crippen molar-refractivity contribution in [2.75, 3.05) is 0 Å². The molecule has 2 aromatic heterocycles. The van der Waals surface area contributed by atoms with E-state index in [0.29, 0.717) is 21.7 Å². The van der Waals surface area contributed by atoms with E-state index in [-0.39, 0.29) is 7.43 Å². The van der Waals surface area contributed by atoms with E-state index >= 15 is 0 Å². The number of nitriles is 1. The molecule has 0 saturated heterocycles. The molecule has 4 rings (SSSR count). The van der Waals surface area contributed by atoms with E-state index in [1.165, 1.54) is 46.6 Å². The highest BCUT2D eigenvalue weighted by molar-refractivity contribution is 6.31. The highest BCUT2D eigenvalue weighted by atomic mass is 35.5. The van der Waals surface area contributed by atoms with Gasteiger partial charge in [-0.2, -0.15) is 5.26 Å². The van der Waals surface area contributed by atoms with E-state index in [2.05, 4.69) is 20.2 Å². The lowest BCUT2D eigenvalue weighted by atomic mass is 10.2. The van der Waals surface area contributed by atoms with Crippen molar-refractivity contribution < 1.29 is 4.79 Å². The number of aromatic nitrogens is 6. The summed E-state index contributed by atoms with van der Waals surface area (Å²) in [6.45, 7) is 0. The SMILES string of the molecule is C.N#C/C=C/n1cnc(-c2cccc(Cl)c2)n1.NC(=O)/C=C/n1cnc(-c2cccc(Cl)c2)n1. The predicted octanol–water partition coefficient (Wildman–Crippen LogP) is 4.78. The molecule has 2 heterocycles. The van der Waals surface area contributed by atoms with E-state index in [0.717, 1.165) is 11.1 Å². The number of hydrogen-bond acceptors (Lipinski definition) is 6. The van der Waals surface area contributed by atoms with Crippen LogP contribution in [-0.2, 0) is 4.79 Å². The molecule has 1 amide bonds. The standard InChI is InChI=1S/C11H9ClN4O.C11H7ClN4.CH4/c12-9-3-1-2-8(6-9)11-14-7-16(15-11)5-4-10(13)17;12-10-4-1-3-9(7-10)11-14-8-16(15-11)6-2-5-13;/h1-7H,(H2,13,17);1-4,6-8H;1H4/b5-4+;6-2+;. The van der Waals surface area contributed by atoms with E-state index in [4.69, 9.17) is 34.2 Å². The molecular weight excluding hydrogens is 475 g/mol. The smallest absolute Gasteiger partial charge is 0.242 e. The second-order valence-electron chi connectivity index (χ2n) is 6.28. The maximum absolute atomic E-state index is 10.6. The summed E-state index contributed by atoms with van der Waals surface area (Å²) in [5.41, 5.74) is 6.63. The highest BCUT2D eigenvalue weighted by Gasteiger charge is 2.04. The fraction of sp³-hybridized carbons (Fsp3) is 0.0435. The zero-order chi connectivity index (χ0) is 23.6. The van der Waals surface area contributed by atoms with Gasteiger partial charge >= 0.3 is 0 Å². The average Bonchev–Trinajstić information content (AvgIpc) is 3.47. The molecule has 34 heavy (non-hydrogen) atoms. The van der Waals surface area contributed by atoms with Gasteiger partial charge in [-0.05, 0) is 24.3 Å². The lowest BCUT2D eigenvalue weighted by Crippen LogP contribution is -2.06. The molecule has 11 heteroatoms. The van der Waals surface area contributed by atoms with Crippen molar-refractivity contribution in [3.63, 3.8) is 0 Å². The predicted molar refractivity (Wildman–Crippen MR) is 133 cm³/mol. The summed E-state index contributed by atoms with van der Waals surface area (Å²) in [5.74, 6) is 0.566. The Morgan fingerprint density at radius 1 is 0.912 bits per heavy atom. The van der Waals surface area contributed by atoms with Crippen molar-refractivity contribution in [2.24, 2.45) is 5.73 Å². The quantitative estimate of drug-likeness (QED) is 0.313. The third kappa shape index (κ3) is 7.70. The minimum atomic E-state index is -0.537. The number of carbonyl (C=O) groups is 1. The van der Waals surface area contributed by atoms with Crippen LogP contribution >= 0.6 is 23.2 Å². The summed E-state index contributed by atoms with van der Waals surface area (Å²) in [4.78, 5) is 18.8. The van der Waals surface area contributed by atoms with Gasteiger partial charge in [0.1, 0.15) is 12.7 Å². The van der Waals surface area contributed by atoms with Crippen LogP contribution in [0.15, 0.2) is 73.3 Å². The molecule has 0 radical (unpaired) electrons. The molecular formula is C23H20Cl2N8O. The fourth-order valence-corrected chi connectivity index (χ4v) is 2.85. The van der Waals surface area contributed by atoms with Crippen LogP contribution < -0.4 is 5.73 Å². The zero-order valence-corrected chi connectivity index (χ0v) is 18.5. The number of carbonyl (C=O) groups excluding carboxylic acids is 1. The minimum absolute atomic E-state index is 0. The first-order valence-electron chi connectivity index (χ1n) is 9.32. The number of rotatable bonds is 5. The Bertz CT molecular complexity index is 1350. The Hall–Kier alpha value is -4.26. The Balaban J connectivity index is 0.000000234. The first-order chi connectivity index (χ1) is 15.9. The largest absolute Gasteiger partial charge is 0.366 e. The molecule has 0 bridgehead atoms. The summed E-state index contributed by atoms with van der Waals surface area (Å²) in [7, 11) is 0. The molecule has 0 aliphatic carbocycles. The lowest BCUT2D eigenvalue weighted by Gasteiger charge is -1.95. The van der Waals surface area contributed by atoms with Gasteiger partial charge in [0.2, 0.25) is 5.91 Å². The van der Waals surface area contributed by atoms with Crippen molar-refractivity contribution in [1.29, 1.82) is 5.26 Å². The first-order valence-corrected chi connectivity index (χ1v) is 10.1. The Kier molecular flexibility index (Phi) is 9.71. The molecule has 4 aromatic rings. The van der Waals surface area contributed by atoms with Crippen LogP contribution in [0.1, 0.15) is 7.43 Å². The van der Waals surface area contributed by atoms with Crippen LogP contribution in [0.2, 0.25) is 10.0 Å². The number of allylic oxidation sites excluding steroid dienone is 1. The van der Waals surface area contributed by atoms with Gasteiger partial charge in [-0.25, -0.2) is 19.3 Å². The van der Waals surface area contributed by atoms with Gasteiger partial charge in [0.25, 0.3) is 0 Å². The van der Waals surface area contributed by atoms with Gasteiger partial charge in [-0.3, -0.25) is 4.79 Å². The first kappa shape index (κ1) is 26.0. The van der Waals surface area contributed by atoms with Crippen molar-refractivity contribution in [3.8, 4) is 28.8 Å². The summed E-state index contributed by atoms with van der Waals surface area (Å²) < 4.78 is 2.88.